The summed E-state index contributed by atoms with van der Waals surface area (Å²) in [5.74, 6) is 0. The minimum absolute atomic E-state index is 0.656. The molecule has 0 rings (SSSR count). The second-order valence-electron chi connectivity index (χ2n) is 4.80. The third-order valence-corrected chi connectivity index (χ3v) is 3.58. The second kappa shape index (κ2) is 11.0. The van der Waals surface area contributed by atoms with Crippen molar-refractivity contribution < 1.29 is 4.74 Å². The van der Waals surface area contributed by atoms with Crippen molar-refractivity contribution in [3.05, 3.63) is 0 Å². The summed E-state index contributed by atoms with van der Waals surface area (Å²) in [6.07, 6.45) is 4.98. The van der Waals surface area contributed by atoms with Gasteiger partial charge in [-0.25, -0.2) is 0 Å². The molecule has 0 radical (unpaired) electrons. The Morgan fingerprint density at radius 3 is 2.35 bits per heavy atom. The third kappa shape index (κ3) is 7.02. The van der Waals surface area contributed by atoms with Gasteiger partial charge in [0.25, 0.3) is 0 Å². The topological polar surface area (TPSA) is 24.5 Å². The van der Waals surface area contributed by atoms with E-state index in [4.69, 9.17) is 4.74 Å². The number of nitrogens with one attached hydrogen (secondary N) is 1. The van der Waals surface area contributed by atoms with E-state index >= 15 is 0 Å². The van der Waals surface area contributed by atoms with Crippen LogP contribution < -0.4 is 5.32 Å². The molecule has 0 aliphatic heterocycles. The molecule has 0 amide bonds. The Kier molecular flexibility index (Phi) is 10.9. The zero-order valence-corrected chi connectivity index (χ0v) is 12.5. The fourth-order valence-electron chi connectivity index (χ4n) is 2.46. The zero-order valence-electron chi connectivity index (χ0n) is 12.5. The van der Waals surface area contributed by atoms with Crippen LogP contribution in [0.15, 0.2) is 0 Å². The van der Waals surface area contributed by atoms with E-state index in [-0.39, 0.29) is 0 Å². The molecule has 0 saturated carbocycles. The second-order valence-corrected chi connectivity index (χ2v) is 4.80. The number of ether oxygens (including phenoxy) is 1. The molecular weight excluding hydrogens is 212 g/mol. The number of rotatable bonds is 11. The lowest BCUT2D eigenvalue weighted by atomic mass is 10.0. The van der Waals surface area contributed by atoms with E-state index in [0.717, 1.165) is 19.7 Å². The predicted molar refractivity (Wildman–Crippen MR) is 75.6 cm³/mol. The average Bonchev–Trinajstić information content (AvgIpc) is 2.34. The van der Waals surface area contributed by atoms with Crippen molar-refractivity contribution in [1.29, 1.82) is 0 Å². The Hall–Kier alpha value is -0.120. The van der Waals surface area contributed by atoms with Crippen LogP contribution in [-0.4, -0.2) is 50.8 Å². The van der Waals surface area contributed by atoms with E-state index < -0.39 is 0 Å². The fourth-order valence-corrected chi connectivity index (χ4v) is 2.46. The zero-order chi connectivity index (χ0) is 13.1. The van der Waals surface area contributed by atoms with Crippen molar-refractivity contribution in [2.45, 2.75) is 58.5 Å². The van der Waals surface area contributed by atoms with Gasteiger partial charge in [-0.2, -0.15) is 0 Å². The van der Waals surface area contributed by atoms with Crippen molar-refractivity contribution in [3.63, 3.8) is 0 Å². The summed E-state index contributed by atoms with van der Waals surface area (Å²) in [6.45, 7) is 9.94. The number of hydrogen-bond donors (Lipinski definition) is 1. The molecule has 0 aliphatic rings. The molecule has 3 nitrogen and oxygen atoms in total. The van der Waals surface area contributed by atoms with Gasteiger partial charge in [0.05, 0.1) is 6.61 Å². The fraction of sp³-hybridized carbons (Fsp3) is 1.00. The van der Waals surface area contributed by atoms with Gasteiger partial charge >= 0.3 is 0 Å². The van der Waals surface area contributed by atoms with Gasteiger partial charge in [0, 0.05) is 25.7 Å². The van der Waals surface area contributed by atoms with E-state index in [1.807, 2.05) is 7.05 Å². The summed E-state index contributed by atoms with van der Waals surface area (Å²) in [4.78, 5) is 2.62. The van der Waals surface area contributed by atoms with Crippen LogP contribution in [0.3, 0.4) is 0 Å². The summed E-state index contributed by atoms with van der Waals surface area (Å²) in [5.41, 5.74) is 0. The first-order valence-corrected chi connectivity index (χ1v) is 7.10. The molecule has 1 unspecified atom stereocenters. The first-order chi connectivity index (χ1) is 8.21. The van der Waals surface area contributed by atoms with Crippen LogP contribution >= 0.6 is 0 Å². The highest BCUT2D eigenvalue weighted by atomic mass is 16.5. The lowest BCUT2D eigenvalue weighted by molar-refractivity contribution is 0.0815. The Morgan fingerprint density at radius 2 is 1.88 bits per heavy atom. The molecule has 104 valence electrons. The van der Waals surface area contributed by atoms with Gasteiger partial charge in [-0.05, 0) is 46.2 Å². The average molecular weight is 244 g/mol. The minimum atomic E-state index is 0.656. The molecule has 0 spiro atoms. The van der Waals surface area contributed by atoms with Crippen molar-refractivity contribution in [2.75, 3.05) is 33.9 Å². The smallest absolute Gasteiger partial charge is 0.0589 e. The molecule has 0 heterocycles. The molecule has 0 aromatic carbocycles. The highest BCUT2D eigenvalue weighted by molar-refractivity contribution is 4.75. The van der Waals surface area contributed by atoms with E-state index in [1.54, 1.807) is 7.11 Å². The predicted octanol–water partition coefficient (Wildman–Crippen LogP) is 2.51. The standard InChI is InChI=1S/C14H32N2O/c1-6-14(7-2)16(11-12-17-5)13(3)9-8-10-15-4/h13-15H,6-12H2,1-5H3. The van der Waals surface area contributed by atoms with Crippen molar-refractivity contribution >= 4 is 0 Å². The van der Waals surface area contributed by atoms with Gasteiger partial charge in [-0.15, -0.1) is 0 Å². The van der Waals surface area contributed by atoms with Crippen LogP contribution in [0.4, 0.5) is 0 Å². The van der Waals surface area contributed by atoms with Gasteiger partial charge in [-0.1, -0.05) is 13.8 Å². The van der Waals surface area contributed by atoms with Crippen LogP contribution in [0.25, 0.3) is 0 Å². The quantitative estimate of drug-likeness (QED) is 0.565. The summed E-state index contributed by atoms with van der Waals surface area (Å²) in [6, 6.07) is 1.36. The van der Waals surface area contributed by atoms with Gasteiger partial charge < -0.3 is 10.1 Å². The Balaban J connectivity index is 4.22. The highest BCUT2D eigenvalue weighted by Gasteiger charge is 2.20. The maximum absolute atomic E-state index is 5.23. The van der Waals surface area contributed by atoms with Crippen LogP contribution in [0, 0.1) is 0 Å². The van der Waals surface area contributed by atoms with E-state index in [9.17, 15) is 0 Å². The van der Waals surface area contributed by atoms with Crippen molar-refractivity contribution in [3.8, 4) is 0 Å². The molecule has 1 atom stereocenters. The van der Waals surface area contributed by atoms with Crippen LogP contribution in [0.1, 0.15) is 46.5 Å². The third-order valence-electron chi connectivity index (χ3n) is 3.58. The lowest BCUT2D eigenvalue weighted by Gasteiger charge is -2.35. The van der Waals surface area contributed by atoms with Gasteiger partial charge in [-0.3, -0.25) is 4.90 Å². The summed E-state index contributed by atoms with van der Waals surface area (Å²) >= 11 is 0. The largest absolute Gasteiger partial charge is 0.383 e. The molecule has 0 aliphatic carbocycles. The molecule has 17 heavy (non-hydrogen) atoms. The van der Waals surface area contributed by atoms with Crippen LogP contribution in [0.2, 0.25) is 0 Å². The first-order valence-electron chi connectivity index (χ1n) is 7.10. The molecular formula is C14H32N2O. The SMILES string of the molecule is CCC(CC)N(CCOC)C(C)CCCNC. The molecule has 0 aromatic rings. The molecule has 0 bridgehead atoms. The monoisotopic (exact) mass is 244 g/mol. The van der Waals surface area contributed by atoms with Gasteiger partial charge in [0.1, 0.15) is 0 Å². The summed E-state index contributed by atoms with van der Waals surface area (Å²) < 4.78 is 5.23. The van der Waals surface area contributed by atoms with Crippen LogP contribution in [0.5, 0.6) is 0 Å². The number of methoxy groups -OCH3 is 1. The Morgan fingerprint density at radius 1 is 1.24 bits per heavy atom. The summed E-state index contributed by atoms with van der Waals surface area (Å²) in [7, 11) is 3.81. The normalized spacial score (nSPS) is 13.6. The number of hydrogen-bond acceptors (Lipinski definition) is 3. The maximum Gasteiger partial charge on any atom is 0.0589 e. The number of nitrogens with zero attached hydrogens (tertiary/aromatic N) is 1. The minimum Gasteiger partial charge on any atom is -0.383 e. The summed E-state index contributed by atoms with van der Waals surface area (Å²) in [5, 5.41) is 3.22. The molecule has 3 heteroatoms. The maximum atomic E-state index is 5.23. The van der Waals surface area contributed by atoms with E-state index in [1.165, 1.54) is 25.7 Å². The van der Waals surface area contributed by atoms with Gasteiger partial charge in [0.15, 0.2) is 0 Å². The Labute approximate surface area is 108 Å². The van der Waals surface area contributed by atoms with Gasteiger partial charge in [0.2, 0.25) is 0 Å². The van der Waals surface area contributed by atoms with Crippen molar-refractivity contribution in [2.24, 2.45) is 0 Å². The molecule has 1 N–H and O–H groups in total. The lowest BCUT2D eigenvalue weighted by Crippen LogP contribution is -2.43. The molecule has 0 aromatic heterocycles. The van der Waals surface area contributed by atoms with Crippen molar-refractivity contribution in [1.82, 2.24) is 10.2 Å². The van der Waals surface area contributed by atoms with E-state index in [0.29, 0.717) is 12.1 Å². The Bertz CT molecular complexity index is 160. The molecule has 0 fully saturated rings. The first kappa shape index (κ1) is 16.9. The van der Waals surface area contributed by atoms with E-state index in [2.05, 4.69) is 31.0 Å². The highest BCUT2D eigenvalue weighted by Crippen LogP contribution is 2.15. The van der Waals surface area contributed by atoms with Crippen LogP contribution in [-0.2, 0) is 4.74 Å². The molecule has 0 saturated heterocycles.